The number of likely N-dealkylation sites (tertiary alicyclic amines) is 1. The second kappa shape index (κ2) is 6.92. The molecule has 1 fully saturated rings. The number of rotatable bonds is 5. The van der Waals surface area contributed by atoms with E-state index in [1.54, 1.807) is 6.20 Å². The number of benzene rings is 1. The maximum absolute atomic E-state index is 12.8. The summed E-state index contributed by atoms with van der Waals surface area (Å²) in [6, 6.07) is 10.0. The lowest BCUT2D eigenvalue weighted by Gasteiger charge is -2.23. The minimum atomic E-state index is -0.0557. The Hall–Kier alpha value is -1.88. The maximum Gasteiger partial charge on any atom is 0.273 e. The van der Waals surface area contributed by atoms with Gasteiger partial charge in [-0.25, -0.2) is 4.98 Å². The molecule has 3 rings (SSSR count). The van der Waals surface area contributed by atoms with Crippen molar-refractivity contribution in [3.8, 4) is 5.19 Å². The van der Waals surface area contributed by atoms with Crippen molar-refractivity contribution in [3.05, 3.63) is 47.5 Å². The van der Waals surface area contributed by atoms with Gasteiger partial charge in [0, 0.05) is 24.5 Å². The van der Waals surface area contributed by atoms with E-state index in [9.17, 15) is 4.79 Å². The molecule has 22 heavy (non-hydrogen) atoms. The average Bonchev–Trinajstić information content (AvgIpc) is 3.21. The molecule has 116 valence electrons. The number of hydrogen-bond donors (Lipinski definition) is 0. The van der Waals surface area contributed by atoms with Gasteiger partial charge in [-0.05, 0) is 12.0 Å². The predicted molar refractivity (Wildman–Crippen MR) is 87.2 cm³/mol. The van der Waals surface area contributed by atoms with E-state index in [4.69, 9.17) is 4.74 Å². The summed E-state index contributed by atoms with van der Waals surface area (Å²) in [6.07, 6.45) is 3.48. The zero-order chi connectivity index (χ0) is 15.4. The van der Waals surface area contributed by atoms with E-state index in [2.05, 4.69) is 11.9 Å². The summed E-state index contributed by atoms with van der Waals surface area (Å²) in [4.78, 5) is 18.9. The number of amides is 1. The molecule has 1 aliphatic rings. The monoisotopic (exact) mass is 316 g/mol. The number of ether oxygens (including phenoxy) is 1. The number of carbonyl (C=O) groups is 1. The van der Waals surface area contributed by atoms with Gasteiger partial charge in [-0.2, -0.15) is 0 Å². The summed E-state index contributed by atoms with van der Waals surface area (Å²) in [5.74, 6) is 0.152. The van der Waals surface area contributed by atoms with E-state index in [0.29, 0.717) is 11.7 Å². The zero-order valence-electron chi connectivity index (χ0n) is 12.6. The quantitative estimate of drug-likeness (QED) is 0.850. The smallest absolute Gasteiger partial charge is 0.273 e. The predicted octanol–water partition coefficient (Wildman–Crippen LogP) is 3.32. The van der Waals surface area contributed by atoms with E-state index < -0.39 is 0 Å². The van der Waals surface area contributed by atoms with Crippen LogP contribution in [0.2, 0.25) is 0 Å². The highest BCUT2D eigenvalue weighted by atomic mass is 32.1. The summed E-state index contributed by atoms with van der Waals surface area (Å²) in [7, 11) is 0. The van der Waals surface area contributed by atoms with Crippen molar-refractivity contribution in [2.45, 2.75) is 31.8 Å². The minimum absolute atomic E-state index is 0.0557. The van der Waals surface area contributed by atoms with E-state index in [-0.39, 0.29) is 17.9 Å². The van der Waals surface area contributed by atoms with Crippen LogP contribution in [0.25, 0.3) is 0 Å². The van der Waals surface area contributed by atoms with Crippen molar-refractivity contribution in [1.29, 1.82) is 0 Å². The van der Waals surface area contributed by atoms with Crippen LogP contribution in [0.3, 0.4) is 0 Å². The van der Waals surface area contributed by atoms with Crippen LogP contribution in [0.5, 0.6) is 5.19 Å². The van der Waals surface area contributed by atoms with Crippen LogP contribution in [0.4, 0.5) is 0 Å². The van der Waals surface area contributed by atoms with Crippen LogP contribution >= 0.6 is 11.3 Å². The van der Waals surface area contributed by atoms with Crippen LogP contribution in [0, 0.1) is 0 Å². The second-order valence-corrected chi connectivity index (χ2v) is 6.34. The van der Waals surface area contributed by atoms with Crippen LogP contribution in [-0.4, -0.2) is 35.0 Å². The molecule has 0 saturated carbocycles. The van der Waals surface area contributed by atoms with Crippen molar-refractivity contribution < 1.29 is 9.53 Å². The highest BCUT2D eigenvalue weighted by Crippen LogP contribution is 2.26. The van der Waals surface area contributed by atoms with Gasteiger partial charge in [-0.1, -0.05) is 48.6 Å². The molecule has 0 N–H and O–H groups in total. The van der Waals surface area contributed by atoms with Gasteiger partial charge >= 0.3 is 0 Å². The van der Waals surface area contributed by atoms with Crippen molar-refractivity contribution >= 4 is 17.2 Å². The fourth-order valence-electron chi connectivity index (χ4n) is 2.89. The highest BCUT2D eigenvalue weighted by molar-refractivity contribution is 7.11. The van der Waals surface area contributed by atoms with Crippen molar-refractivity contribution in [2.75, 3.05) is 13.1 Å². The molecule has 1 aromatic carbocycles. The maximum atomic E-state index is 12.8. The second-order valence-electron chi connectivity index (χ2n) is 5.48. The average molecular weight is 316 g/mol. The van der Waals surface area contributed by atoms with Crippen LogP contribution < -0.4 is 4.74 Å². The SMILES string of the molecule is CCC(C(=O)N1CCC(Oc2nccs2)C1)c1ccccc1. The molecule has 4 nitrogen and oxygen atoms in total. The Bertz CT molecular complexity index is 600. The molecule has 2 atom stereocenters. The van der Waals surface area contributed by atoms with Gasteiger partial charge in [0.15, 0.2) is 0 Å². The first-order chi connectivity index (χ1) is 10.8. The molecule has 2 aromatic rings. The van der Waals surface area contributed by atoms with Crippen molar-refractivity contribution in [2.24, 2.45) is 0 Å². The first kappa shape index (κ1) is 15.0. The summed E-state index contributed by atoms with van der Waals surface area (Å²) in [5.41, 5.74) is 1.10. The number of hydrogen-bond acceptors (Lipinski definition) is 4. The molecule has 2 heterocycles. The summed E-state index contributed by atoms with van der Waals surface area (Å²) < 4.78 is 5.83. The Morgan fingerprint density at radius 3 is 2.95 bits per heavy atom. The van der Waals surface area contributed by atoms with Crippen molar-refractivity contribution in [1.82, 2.24) is 9.88 Å². The van der Waals surface area contributed by atoms with E-state index in [1.165, 1.54) is 11.3 Å². The molecule has 1 aliphatic heterocycles. The molecule has 1 amide bonds. The van der Waals surface area contributed by atoms with Crippen molar-refractivity contribution in [3.63, 3.8) is 0 Å². The van der Waals surface area contributed by atoms with Gasteiger partial charge in [-0.3, -0.25) is 4.79 Å². The Kier molecular flexibility index (Phi) is 4.73. The summed E-state index contributed by atoms with van der Waals surface area (Å²) >= 11 is 1.49. The molecule has 0 spiro atoms. The molecule has 1 aromatic heterocycles. The molecular weight excluding hydrogens is 296 g/mol. The minimum Gasteiger partial charge on any atom is -0.465 e. The fraction of sp³-hybridized carbons (Fsp3) is 0.412. The van der Waals surface area contributed by atoms with E-state index in [1.807, 2.05) is 40.6 Å². The Morgan fingerprint density at radius 1 is 1.45 bits per heavy atom. The molecule has 1 saturated heterocycles. The third-order valence-corrected chi connectivity index (χ3v) is 4.70. The molecular formula is C17H20N2O2S. The van der Waals surface area contributed by atoms with Gasteiger partial charge in [-0.15, -0.1) is 0 Å². The third kappa shape index (κ3) is 3.30. The van der Waals surface area contributed by atoms with E-state index >= 15 is 0 Å². The molecule has 5 heteroatoms. The molecule has 0 bridgehead atoms. The van der Waals surface area contributed by atoms with Gasteiger partial charge in [0.25, 0.3) is 5.19 Å². The number of carbonyl (C=O) groups excluding carboxylic acids is 1. The molecule has 0 aliphatic carbocycles. The van der Waals surface area contributed by atoms with Gasteiger partial charge in [0.05, 0.1) is 12.5 Å². The summed E-state index contributed by atoms with van der Waals surface area (Å²) in [5, 5.41) is 2.59. The Balaban J connectivity index is 1.63. The largest absolute Gasteiger partial charge is 0.465 e. The third-order valence-electron chi connectivity index (χ3n) is 4.04. The lowest BCUT2D eigenvalue weighted by atomic mass is 9.95. The molecule has 2 unspecified atom stereocenters. The van der Waals surface area contributed by atoms with Crippen LogP contribution in [-0.2, 0) is 4.79 Å². The lowest BCUT2D eigenvalue weighted by Crippen LogP contribution is -2.34. The normalized spacial score (nSPS) is 19.1. The lowest BCUT2D eigenvalue weighted by molar-refractivity contribution is -0.132. The van der Waals surface area contributed by atoms with Gasteiger partial charge < -0.3 is 9.64 Å². The number of thiazole rings is 1. The van der Waals surface area contributed by atoms with Gasteiger partial charge in [0.1, 0.15) is 6.10 Å². The van der Waals surface area contributed by atoms with E-state index in [0.717, 1.165) is 24.9 Å². The Labute approximate surface area is 134 Å². The van der Waals surface area contributed by atoms with Crippen LogP contribution in [0.1, 0.15) is 31.2 Å². The first-order valence-electron chi connectivity index (χ1n) is 7.67. The number of aromatic nitrogens is 1. The van der Waals surface area contributed by atoms with Crippen LogP contribution in [0.15, 0.2) is 41.9 Å². The zero-order valence-corrected chi connectivity index (χ0v) is 13.5. The molecule has 0 radical (unpaired) electrons. The standard InChI is InChI=1S/C17H20N2O2S/c1-2-15(13-6-4-3-5-7-13)16(20)19-10-8-14(12-19)21-17-18-9-11-22-17/h3-7,9,11,14-15H,2,8,10,12H2,1H3. The number of nitrogens with zero attached hydrogens (tertiary/aromatic N) is 2. The Morgan fingerprint density at radius 2 is 2.27 bits per heavy atom. The summed E-state index contributed by atoms with van der Waals surface area (Å²) in [6.45, 7) is 3.48. The van der Waals surface area contributed by atoms with Gasteiger partial charge in [0.2, 0.25) is 5.91 Å². The fourth-order valence-corrected chi connectivity index (χ4v) is 3.45. The first-order valence-corrected chi connectivity index (χ1v) is 8.55. The topological polar surface area (TPSA) is 42.4 Å². The highest BCUT2D eigenvalue weighted by Gasteiger charge is 2.32.